The van der Waals surface area contributed by atoms with E-state index in [1.807, 2.05) is 11.8 Å². The van der Waals surface area contributed by atoms with E-state index in [4.69, 9.17) is 0 Å². The summed E-state index contributed by atoms with van der Waals surface area (Å²) >= 11 is 1.99. The summed E-state index contributed by atoms with van der Waals surface area (Å²) in [5.41, 5.74) is 0.0535. The lowest BCUT2D eigenvalue weighted by atomic mass is 9.95. The molecule has 1 saturated heterocycles. The highest BCUT2D eigenvalue weighted by atomic mass is 32.2. The zero-order valence-electron chi connectivity index (χ0n) is 8.80. The maximum atomic E-state index is 9.53. The molecular weight excluding hydrogens is 194 g/mol. The maximum Gasteiger partial charge on any atom is 0.0621 e. The molecule has 0 amide bonds. The van der Waals surface area contributed by atoms with E-state index in [1.54, 1.807) is 0 Å². The Morgan fingerprint density at radius 1 is 1.29 bits per heavy atom. The average Bonchev–Trinajstić information content (AvgIpc) is 2.72. The van der Waals surface area contributed by atoms with Crippen molar-refractivity contribution >= 4 is 11.8 Å². The Balaban J connectivity index is 1.89. The summed E-state index contributed by atoms with van der Waals surface area (Å²) in [6.07, 6.45) is 7.77. The molecule has 0 radical (unpaired) electrons. The van der Waals surface area contributed by atoms with Gasteiger partial charge in [-0.25, -0.2) is 0 Å². The Morgan fingerprint density at radius 3 is 2.64 bits per heavy atom. The Labute approximate surface area is 90.8 Å². The van der Waals surface area contributed by atoms with Crippen molar-refractivity contribution in [3.05, 3.63) is 0 Å². The molecule has 1 unspecified atom stereocenters. The molecule has 2 N–H and O–H groups in total. The van der Waals surface area contributed by atoms with Crippen molar-refractivity contribution in [3.63, 3.8) is 0 Å². The van der Waals surface area contributed by atoms with Crippen LogP contribution in [0.4, 0.5) is 0 Å². The highest BCUT2D eigenvalue weighted by molar-refractivity contribution is 7.99. The predicted molar refractivity (Wildman–Crippen MR) is 61.8 cm³/mol. The van der Waals surface area contributed by atoms with Crippen molar-refractivity contribution in [2.75, 3.05) is 18.1 Å². The lowest BCUT2D eigenvalue weighted by Gasteiger charge is -2.38. The van der Waals surface area contributed by atoms with E-state index in [2.05, 4.69) is 5.32 Å². The standard InChI is InChI=1S/C11H21NOS/c13-8-11(6-3-7-14-9-11)12-10-4-1-2-5-10/h10,12-13H,1-9H2. The van der Waals surface area contributed by atoms with E-state index in [0.29, 0.717) is 12.6 Å². The first-order valence-electron chi connectivity index (χ1n) is 5.81. The van der Waals surface area contributed by atoms with E-state index in [-0.39, 0.29) is 5.54 Å². The molecule has 2 aliphatic rings. The quantitative estimate of drug-likeness (QED) is 0.752. The number of nitrogens with one attached hydrogen (secondary N) is 1. The normalized spacial score (nSPS) is 34.9. The molecule has 0 aromatic heterocycles. The van der Waals surface area contributed by atoms with Crippen LogP contribution in [0.5, 0.6) is 0 Å². The van der Waals surface area contributed by atoms with Gasteiger partial charge >= 0.3 is 0 Å². The fourth-order valence-electron chi connectivity index (χ4n) is 2.64. The van der Waals surface area contributed by atoms with Crippen LogP contribution < -0.4 is 5.32 Å². The molecule has 1 aliphatic carbocycles. The first-order valence-corrected chi connectivity index (χ1v) is 6.96. The molecular formula is C11H21NOS. The molecule has 0 bridgehead atoms. The van der Waals surface area contributed by atoms with Crippen LogP contribution in [-0.2, 0) is 0 Å². The van der Waals surface area contributed by atoms with E-state index in [0.717, 1.165) is 12.2 Å². The summed E-state index contributed by atoms with van der Waals surface area (Å²) in [6.45, 7) is 0.316. The molecule has 1 saturated carbocycles. The van der Waals surface area contributed by atoms with Gasteiger partial charge in [0.1, 0.15) is 0 Å². The van der Waals surface area contributed by atoms with E-state index < -0.39 is 0 Å². The summed E-state index contributed by atoms with van der Waals surface area (Å²) in [5, 5.41) is 13.2. The topological polar surface area (TPSA) is 32.3 Å². The number of aliphatic hydroxyl groups is 1. The van der Waals surface area contributed by atoms with Crippen molar-refractivity contribution in [1.29, 1.82) is 0 Å². The molecule has 1 aliphatic heterocycles. The third-order valence-electron chi connectivity index (χ3n) is 3.49. The van der Waals surface area contributed by atoms with Gasteiger partial charge < -0.3 is 10.4 Å². The van der Waals surface area contributed by atoms with Gasteiger partial charge in [-0.2, -0.15) is 11.8 Å². The van der Waals surface area contributed by atoms with E-state index >= 15 is 0 Å². The minimum atomic E-state index is 0.0535. The fourth-order valence-corrected chi connectivity index (χ4v) is 3.84. The van der Waals surface area contributed by atoms with Gasteiger partial charge in [-0.15, -0.1) is 0 Å². The monoisotopic (exact) mass is 215 g/mol. The number of hydrogen-bond acceptors (Lipinski definition) is 3. The number of hydrogen-bond donors (Lipinski definition) is 2. The van der Waals surface area contributed by atoms with Gasteiger partial charge in [0.15, 0.2) is 0 Å². The molecule has 82 valence electrons. The molecule has 14 heavy (non-hydrogen) atoms. The Bertz CT molecular complexity index is 174. The summed E-state index contributed by atoms with van der Waals surface area (Å²) in [6, 6.07) is 0.681. The predicted octanol–water partition coefficient (Wildman–Crippen LogP) is 1.78. The zero-order chi connectivity index (χ0) is 9.86. The molecule has 1 heterocycles. The molecule has 3 heteroatoms. The minimum Gasteiger partial charge on any atom is -0.394 e. The molecule has 2 rings (SSSR count). The third kappa shape index (κ3) is 2.44. The lowest BCUT2D eigenvalue weighted by Crippen LogP contribution is -2.55. The Hall–Kier alpha value is 0.270. The summed E-state index contributed by atoms with van der Waals surface area (Å²) < 4.78 is 0. The van der Waals surface area contributed by atoms with Crippen LogP contribution in [0.1, 0.15) is 38.5 Å². The molecule has 0 aromatic rings. The Kier molecular flexibility index (Phi) is 3.74. The van der Waals surface area contributed by atoms with Crippen molar-refractivity contribution < 1.29 is 5.11 Å². The third-order valence-corrected chi connectivity index (χ3v) is 4.82. The summed E-state index contributed by atoms with van der Waals surface area (Å²) in [4.78, 5) is 0. The average molecular weight is 215 g/mol. The second kappa shape index (κ2) is 4.86. The van der Waals surface area contributed by atoms with Crippen LogP contribution in [0, 0.1) is 0 Å². The summed E-state index contributed by atoms with van der Waals surface area (Å²) in [7, 11) is 0. The number of thioether (sulfide) groups is 1. The second-order valence-electron chi connectivity index (χ2n) is 4.72. The van der Waals surface area contributed by atoms with Gasteiger partial charge in [0.25, 0.3) is 0 Å². The maximum absolute atomic E-state index is 9.53. The smallest absolute Gasteiger partial charge is 0.0621 e. The van der Waals surface area contributed by atoms with Crippen LogP contribution >= 0.6 is 11.8 Å². The highest BCUT2D eigenvalue weighted by Crippen LogP contribution is 2.29. The minimum absolute atomic E-state index is 0.0535. The van der Waals surface area contributed by atoms with Gasteiger partial charge in [0, 0.05) is 11.8 Å². The van der Waals surface area contributed by atoms with Crippen molar-refractivity contribution in [1.82, 2.24) is 5.32 Å². The van der Waals surface area contributed by atoms with Crippen LogP contribution in [-0.4, -0.2) is 34.8 Å². The highest BCUT2D eigenvalue weighted by Gasteiger charge is 2.34. The van der Waals surface area contributed by atoms with E-state index in [9.17, 15) is 5.11 Å². The molecule has 1 atom stereocenters. The Morgan fingerprint density at radius 2 is 2.07 bits per heavy atom. The fraction of sp³-hybridized carbons (Fsp3) is 1.00. The first-order chi connectivity index (χ1) is 6.85. The van der Waals surface area contributed by atoms with Gasteiger partial charge in [-0.05, 0) is 31.4 Å². The largest absolute Gasteiger partial charge is 0.394 e. The second-order valence-corrected chi connectivity index (χ2v) is 5.83. The molecule has 0 aromatic carbocycles. The van der Waals surface area contributed by atoms with Crippen LogP contribution in [0.3, 0.4) is 0 Å². The molecule has 2 nitrogen and oxygen atoms in total. The van der Waals surface area contributed by atoms with Crippen molar-refractivity contribution in [2.24, 2.45) is 0 Å². The zero-order valence-corrected chi connectivity index (χ0v) is 9.61. The van der Waals surface area contributed by atoms with Crippen molar-refractivity contribution in [2.45, 2.75) is 50.1 Å². The molecule has 0 spiro atoms. The summed E-state index contributed by atoms with van der Waals surface area (Å²) in [5.74, 6) is 2.37. The number of rotatable bonds is 3. The van der Waals surface area contributed by atoms with Gasteiger partial charge in [0.05, 0.1) is 12.1 Å². The van der Waals surface area contributed by atoms with Gasteiger partial charge in [-0.1, -0.05) is 12.8 Å². The number of aliphatic hydroxyl groups excluding tert-OH is 1. The SMILES string of the molecule is OCC1(NC2CCCC2)CCCSC1. The van der Waals surface area contributed by atoms with Crippen LogP contribution in [0.25, 0.3) is 0 Å². The first kappa shape index (κ1) is 10.8. The van der Waals surface area contributed by atoms with E-state index in [1.165, 1.54) is 37.9 Å². The lowest BCUT2D eigenvalue weighted by molar-refractivity contribution is 0.153. The van der Waals surface area contributed by atoms with Crippen molar-refractivity contribution in [3.8, 4) is 0 Å². The van der Waals surface area contributed by atoms with Crippen LogP contribution in [0.2, 0.25) is 0 Å². The van der Waals surface area contributed by atoms with Gasteiger partial charge in [0.2, 0.25) is 0 Å². The van der Waals surface area contributed by atoms with Gasteiger partial charge in [-0.3, -0.25) is 0 Å². The molecule has 2 fully saturated rings. The van der Waals surface area contributed by atoms with Crippen LogP contribution in [0.15, 0.2) is 0 Å².